The van der Waals surface area contributed by atoms with Crippen molar-refractivity contribution in [2.45, 2.75) is 6.92 Å². The molecule has 0 spiro atoms. The van der Waals surface area contributed by atoms with Crippen molar-refractivity contribution in [2.24, 2.45) is 0 Å². The molecular weight excluding hydrogens is 224 g/mol. The summed E-state index contributed by atoms with van der Waals surface area (Å²) in [5.41, 5.74) is 1.64. The molecule has 0 fully saturated rings. The lowest BCUT2D eigenvalue weighted by Gasteiger charge is -2.11. The minimum absolute atomic E-state index is 0.150. The Balaban J connectivity index is 2.36. The van der Waals surface area contributed by atoms with Crippen molar-refractivity contribution < 1.29 is 9.59 Å². The SMILES string of the molecule is Cc1nsc2c1C(=O)c1ncccc1C2=O. The van der Waals surface area contributed by atoms with Crippen LogP contribution in [0.2, 0.25) is 0 Å². The van der Waals surface area contributed by atoms with Crippen LogP contribution in [0.15, 0.2) is 18.3 Å². The number of ketones is 2. The molecule has 2 aromatic rings. The molecule has 0 saturated carbocycles. The molecule has 0 amide bonds. The minimum Gasteiger partial charge on any atom is -0.288 e. The summed E-state index contributed by atoms with van der Waals surface area (Å²) in [4.78, 5) is 28.5. The molecule has 0 aliphatic heterocycles. The molecule has 3 rings (SSSR count). The summed E-state index contributed by atoms with van der Waals surface area (Å²) in [6.45, 7) is 1.73. The number of pyridine rings is 1. The molecule has 0 aromatic carbocycles. The van der Waals surface area contributed by atoms with E-state index < -0.39 is 0 Å². The molecule has 0 N–H and O–H groups in total. The van der Waals surface area contributed by atoms with E-state index in [0.29, 0.717) is 21.7 Å². The Morgan fingerprint density at radius 3 is 2.88 bits per heavy atom. The molecule has 0 unspecified atom stereocenters. The number of hydrogen-bond acceptors (Lipinski definition) is 5. The molecule has 1 aliphatic carbocycles. The van der Waals surface area contributed by atoms with Crippen LogP contribution in [0.25, 0.3) is 0 Å². The van der Waals surface area contributed by atoms with E-state index in [-0.39, 0.29) is 17.3 Å². The third kappa shape index (κ3) is 1.03. The van der Waals surface area contributed by atoms with Crippen LogP contribution in [-0.4, -0.2) is 20.9 Å². The van der Waals surface area contributed by atoms with Crippen LogP contribution < -0.4 is 0 Å². The van der Waals surface area contributed by atoms with Gasteiger partial charge in [0.05, 0.1) is 16.8 Å². The van der Waals surface area contributed by atoms with Gasteiger partial charge in [0, 0.05) is 6.20 Å². The average molecular weight is 230 g/mol. The lowest BCUT2D eigenvalue weighted by Crippen LogP contribution is -2.20. The molecule has 2 heterocycles. The van der Waals surface area contributed by atoms with E-state index in [2.05, 4.69) is 9.36 Å². The van der Waals surface area contributed by atoms with Crippen molar-refractivity contribution in [3.05, 3.63) is 45.7 Å². The number of aromatic nitrogens is 2. The zero-order chi connectivity index (χ0) is 11.3. The lowest BCUT2D eigenvalue weighted by molar-refractivity contribution is 0.0978. The molecule has 0 saturated heterocycles. The molecular formula is C11H6N2O2S. The smallest absolute Gasteiger partial charge is 0.215 e. The van der Waals surface area contributed by atoms with Crippen molar-refractivity contribution in [2.75, 3.05) is 0 Å². The third-order valence-corrected chi connectivity index (χ3v) is 3.50. The zero-order valence-corrected chi connectivity index (χ0v) is 9.17. The molecule has 78 valence electrons. The Labute approximate surface area is 95.1 Å². The fourth-order valence-electron chi connectivity index (χ4n) is 1.80. The van der Waals surface area contributed by atoms with Crippen LogP contribution in [0.1, 0.15) is 37.0 Å². The molecule has 4 nitrogen and oxygen atoms in total. The predicted molar refractivity (Wildman–Crippen MR) is 58.0 cm³/mol. The van der Waals surface area contributed by atoms with E-state index in [9.17, 15) is 9.59 Å². The van der Waals surface area contributed by atoms with Gasteiger partial charge in [0.2, 0.25) is 11.6 Å². The molecule has 0 bridgehead atoms. The first-order valence-electron chi connectivity index (χ1n) is 4.71. The molecule has 16 heavy (non-hydrogen) atoms. The van der Waals surface area contributed by atoms with Crippen molar-refractivity contribution in [3.63, 3.8) is 0 Å². The summed E-state index contributed by atoms with van der Waals surface area (Å²) < 4.78 is 4.05. The van der Waals surface area contributed by atoms with Gasteiger partial charge in [0.25, 0.3) is 0 Å². The van der Waals surface area contributed by atoms with Gasteiger partial charge < -0.3 is 0 Å². The fourth-order valence-corrected chi connectivity index (χ4v) is 2.65. The van der Waals surface area contributed by atoms with Crippen molar-refractivity contribution in [1.29, 1.82) is 0 Å². The Kier molecular flexibility index (Phi) is 1.79. The van der Waals surface area contributed by atoms with E-state index in [1.807, 2.05) is 0 Å². The predicted octanol–water partition coefficient (Wildman–Crippen LogP) is 1.62. The van der Waals surface area contributed by atoms with E-state index in [1.165, 1.54) is 6.20 Å². The van der Waals surface area contributed by atoms with Crippen LogP contribution in [0, 0.1) is 6.92 Å². The van der Waals surface area contributed by atoms with Crippen LogP contribution >= 0.6 is 11.5 Å². The first-order valence-corrected chi connectivity index (χ1v) is 5.48. The summed E-state index contributed by atoms with van der Waals surface area (Å²) in [5, 5.41) is 0. The fraction of sp³-hybridized carbons (Fsp3) is 0.0909. The highest BCUT2D eigenvalue weighted by Gasteiger charge is 2.34. The van der Waals surface area contributed by atoms with Gasteiger partial charge in [-0.05, 0) is 30.6 Å². The standard InChI is InChI=1S/C11H6N2O2S/c1-5-7-10(15)8-6(3-2-4-12-8)9(14)11(7)16-13-5/h2-4H,1H3. The second-order valence-corrected chi connectivity index (χ2v) is 4.30. The number of carbonyl (C=O) groups is 2. The van der Waals surface area contributed by atoms with Gasteiger partial charge in [-0.1, -0.05) is 0 Å². The molecule has 0 atom stereocenters. The van der Waals surface area contributed by atoms with E-state index >= 15 is 0 Å². The number of nitrogens with zero attached hydrogens (tertiary/aromatic N) is 2. The first-order chi connectivity index (χ1) is 7.70. The van der Waals surface area contributed by atoms with Crippen LogP contribution in [0.5, 0.6) is 0 Å². The van der Waals surface area contributed by atoms with Crippen molar-refractivity contribution in [1.82, 2.24) is 9.36 Å². The van der Waals surface area contributed by atoms with Gasteiger partial charge in [0.15, 0.2) is 0 Å². The number of aryl methyl sites for hydroxylation is 1. The van der Waals surface area contributed by atoms with Crippen LogP contribution in [0.4, 0.5) is 0 Å². The number of rotatable bonds is 0. The lowest BCUT2D eigenvalue weighted by atomic mass is 9.92. The maximum absolute atomic E-state index is 12.1. The summed E-state index contributed by atoms with van der Waals surface area (Å²) in [7, 11) is 0. The normalized spacial score (nSPS) is 13.6. The monoisotopic (exact) mass is 230 g/mol. The number of carbonyl (C=O) groups excluding carboxylic acids is 2. The Bertz CT molecular complexity index is 631. The summed E-state index contributed by atoms with van der Waals surface area (Å²) in [6.07, 6.45) is 1.52. The first kappa shape index (κ1) is 9.35. The Morgan fingerprint density at radius 2 is 2.06 bits per heavy atom. The van der Waals surface area contributed by atoms with Crippen molar-refractivity contribution >= 4 is 23.1 Å². The average Bonchev–Trinajstić information content (AvgIpc) is 2.69. The van der Waals surface area contributed by atoms with E-state index in [4.69, 9.17) is 0 Å². The Morgan fingerprint density at radius 1 is 1.25 bits per heavy atom. The highest BCUT2D eigenvalue weighted by molar-refractivity contribution is 7.09. The quantitative estimate of drug-likeness (QED) is 0.588. The Hall–Kier alpha value is -1.88. The molecule has 0 radical (unpaired) electrons. The molecule has 2 aromatic heterocycles. The van der Waals surface area contributed by atoms with Gasteiger partial charge in [-0.2, -0.15) is 4.37 Å². The van der Waals surface area contributed by atoms with Gasteiger partial charge in [-0.15, -0.1) is 0 Å². The summed E-state index contributed by atoms with van der Waals surface area (Å²) in [5.74, 6) is -0.347. The van der Waals surface area contributed by atoms with Crippen LogP contribution in [0.3, 0.4) is 0 Å². The maximum Gasteiger partial charge on any atom is 0.215 e. The van der Waals surface area contributed by atoms with E-state index in [1.54, 1.807) is 19.1 Å². The van der Waals surface area contributed by atoms with E-state index in [0.717, 1.165) is 11.5 Å². The zero-order valence-electron chi connectivity index (χ0n) is 8.35. The second kappa shape index (κ2) is 3.05. The highest BCUT2D eigenvalue weighted by atomic mass is 32.1. The summed E-state index contributed by atoms with van der Waals surface area (Å²) in [6, 6.07) is 3.28. The highest BCUT2D eigenvalue weighted by Crippen LogP contribution is 2.30. The van der Waals surface area contributed by atoms with Gasteiger partial charge in [-0.3, -0.25) is 14.6 Å². The van der Waals surface area contributed by atoms with Gasteiger partial charge >= 0.3 is 0 Å². The summed E-state index contributed by atoms with van der Waals surface area (Å²) >= 11 is 1.08. The largest absolute Gasteiger partial charge is 0.288 e. The minimum atomic E-state index is -0.198. The third-order valence-electron chi connectivity index (χ3n) is 2.56. The maximum atomic E-state index is 12.1. The van der Waals surface area contributed by atoms with Crippen molar-refractivity contribution in [3.8, 4) is 0 Å². The topological polar surface area (TPSA) is 59.9 Å². The number of fused-ring (bicyclic) bond motifs is 2. The second-order valence-electron chi connectivity index (χ2n) is 3.53. The van der Waals surface area contributed by atoms with Gasteiger partial charge in [-0.25, -0.2) is 0 Å². The number of hydrogen-bond donors (Lipinski definition) is 0. The van der Waals surface area contributed by atoms with Crippen LogP contribution in [-0.2, 0) is 0 Å². The molecule has 5 heteroatoms. The molecule has 1 aliphatic rings. The van der Waals surface area contributed by atoms with Gasteiger partial charge in [0.1, 0.15) is 10.6 Å².